The molecule has 146 valence electrons. The van der Waals surface area contributed by atoms with Crippen LogP contribution in [0.25, 0.3) is 5.95 Å². The number of hydrogen-bond donors (Lipinski definition) is 0. The molecule has 2 aromatic rings. The monoisotopic (exact) mass is 394 g/mol. The van der Waals surface area contributed by atoms with Gasteiger partial charge in [-0.2, -0.15) is 19.3 Å². The molecule has 0 N–H and O–H groups in total. The van der Waals surface area contributed by atoms with Crippen LogP contribution < -0.4 is 9.80 Å². The number of aromatic nitrogens is 5. The van der Waals surface area contributed by atoms with Gasteiger partial charge in [-0.25, -0.2) is 13.4 Å². The second-order valence-electron chi connectivity index (χ2n) is 6.45. The maximum Gasteiger partial charge on any atom is 0.241 e. The Morgan fingerprint density at radius 3 is 2.04 bits per heavy atom. The summed E-state index contributed by atoms with van der Waals surface area (Å²) in [5, 5.41) is 0. The molecule has 0 aliphatic carbocycles. The van der Waals surface area contributed by atoms with Crippen LogP contribution in [0.2, 0.25) is 0 Å². The van der Waals surface area contributed by atoms with Crippen LogP contribution in [0.5, 0.6) is 0 Å². The zero-order valence-electron chi connectivity index (χ0n) is 15.1. The number of sulfonamides is 1. The third kappa shape index (κ3) is 4.01. The first-order valence-electron chi connectivity index (χ1n) is 8.78. The second-order valence-corrected chi connectivity index (χ2v) is 8.44. The first-order valence-corrected chi connectivity index (χ1v) is 10.6. The normalized spacial score (nSPS) is 19.4. The third-order valence-electron chi connectivity index (χ3n) is 4.62. The van der Waals surface area contributed by atoms with Gasteiger partial charge in [0.1, 0.15) is 6.33 Å². The first kappa shape index (κ1) is 18.1. The van der Waals surface area contributed by atoms with Crippen molar-refractivity contribution < 1.29 is 13.2 Å². The first-order chi connectivity index (χ1) is 13.0. The Balaban J connectivity index is 1.62. The highest BCUT2D eigenvalue weighted by molar-refractivity contribution is 7.88. The minimum Gasteiger partial charge on any atom is -0.378 e. The maximum absolute atomic E-state index is 11.7. The molecule has 4 heterocycles. The summed E-state index contributed by atoms with van der Waals surface area (Å²) in [4.78, 5) is 21.9. The Labute approximate surface area is 157 Å². The maximum atomic E-state index is 11.7. The van der Waals surface area contributed by atoms with Crippen molar-refractivity contribution in [3.8, 4) is 5.95 Å². The van der Waals surface area contributed by atoms with Gasteiger partial charge in [0.25, 0.3) is 0 Å². The number of hydrogen-bond acceptors (Lipinski definition) is 9. The largest absolute Gasteiger partial charge is 0.378 e. The van der Waals surface area contributed by atoms with Crippen LogP contribution in [0.1, 0.15) is 0 Å². The van der Waals surface area contributed by atoms with Gasteiger partial charge in [0.15, 0.2) is 0 Å². The number of ether oxygens (including phenoxy) is 1. The van der Waals surface area contributed by atoms with E-state index in [1.54, 1.807) is 23.3 Å². The second kappa shape index (κ2) is 7.37. The van der Waals surface area contributed by atoms with E-state index in [9.17, 15) is 8.42 Å². The lowest BCUT2D eigenvalue weighted by atomic mass is 10.4. The van der Waals surface area contributed by atoms with E-state index in [0.29, 0.717) is 70.3 Å². The predicted molar refractivity (Wildman–Crippen MR) is 98.6 cm³/mol. The number of piperazine rings is 1. The molecule has 11 nitrogen and oxygen atoms in total. The van der Waals surface area contributed by atoms with E-state index in [1.165, 1.54) is 10.6 Å². The summed E-state index contributed by atoms with van der Waals surface area (Å²) < 4.78 is 32.1. The van der Waals surface area contributed by atoms with Gasteiger partial charge in [0.05, 0.1) is 19.5 Å². The van der Waals surface area contributed by atoms with Gasteiger partial charge in [-0.3, -0.25) is 4.57 Å². The number of nitrogens with zero attached hydrogens (tertiary/aromatic N) is 8. The minimum absolute atomic E-state index is 0.414. The number of anilines is 2. The van der Waals surface area contributed by atoms with E-state index in [-0.39, 0.29) is 0 Å². The molecular formula is C15H22N8O3S. The summed E-state index contributed by atoms with van der Waals surface area (Å²) in [7, 11) is -3.18. The molecule has 4 rings (SSSR count). The Hall–Kier alpha value is -2.31. The summed E-state index contributed by atoms with van der Waals surface area (Å²) in [5.74, 6) is 1.63. The zero-order chi connectivity index (χ0) is 18.9. The van der Waals surface area contributed by atoms with Crippen molar-refractivity contribution in [1.82, 2.24) is 28.8 Å². The minimum atomic E-state index is -3.18. The van der Waals surface area contributed by atoms with Gasteiger partial charge in [0, 0.05) is 51.7 Å². The molecule has 0 aromatic carbocycles. The van der Waals surface area contributed by atoms with Crippen molar-refractivity contribution in [3.05, 3.63) is 18.7 Å². The van der Waals surface area contributed by atoms with Gasteiger partial charge in [-0.15, -0.1) is 0 Å². The zero-order valence-corrected chi connectivity index (χ0v) is 15.9. The summed E-state index contributed by atoms with van der Waals surface area (Å²) in [6, 6.07) is 0. The van der Waals surface area contributed by atoms with Gasteiger partial charge >= 0.3 is 0 Å². The summed E-state index contributed by atoms with van der Waals surface area (Å²) in [6.07, 6.45) is 6.33. The molecule has 27 heavy (non-hydrogen) atoms. The number of rotatable bonds is 4. The fraction of sp³-hybridized carbons (Fsp3) is 0.600. The SMILES string of the molecule is CS(=O)(=O)N1CCN(c2nc(N3CCOCC3)nc(-n3ccnc3)n2)CC1. The summed E-state index contributed by atoms with van der Waals surface area (Å²) in [5.41, 5.74) is 0. The lowest BCUT2D eigenvalue weighted by Crippen LogP contribution is -2.49. The fourth-order valence-electron chi connectivity index (χ4n) is 3.10. The van der Waals surface area contributed by atoms with Crippen LogP contribution >= 0.6 is 0 Å². The van der Waals surface area contributed by atoms with E-state index >= 15 is 0 Å². The Morgan fingerprint density at radius 2 is 1.48 bits per heavy atom. The van der Waals surface area contributed by atoms with Crippen LogP contribution in [0, 0.1) is 0 Å². The van der Waals surface area contributed by atoms with E-state index in [0.717, 1.165) is 0 Å². The molecule has 2 saturated heterocycles. The van der Waals surface area contributed by atoms with Crippen molar-refractivity contribution in [2.75, 3.05) is 68.5 Å². The lowest BCUT2D eigenvalue weighted by molar-refractivity contribution is 0.122. The number of imidazole rings is 1. The van der Waals surface area contributed by atoms with Crippen LogP contribution in [0.3, 0.4) is 0 Å². The van der Waals surface area contributed by atoms with E-state index in [1.807, 2.05) is 4.90 Å². The van der Waals surface area contributed by atoms with Crippen molar-refractivity contribution in [1.29, 1.82) is 0 Å². The Kier molecular flexibility index (Phi) is 4.93. The predicted octanol–water partition coefficient (Wildman–Crippen LogP) is -1.02. The van der Waals surface area contributed by atoms with Gasteiger partial charge in [-0.05, 0) is 0 Å². The molecule has 0 radical (unpaired) electrons. The quantitative estimate of drug-likeness (QED) is 0.643. The standard InChI is InChI=1S/C15H22N8O3S/c1-27(24,25)23-6-4-20(5-7-23)13-17-14(21-8-10-26-11-9-21)19-15(18-13)22-3-2-16-12-22/h2-3,12H,4-11H2,1H3. The van der Waals surface area contributed by atoms with Gasteiger partial charge < -0.3 is 14.5 Å². The van der Waals surface area contributed by atoms with Crippen LogP contribution in [-0.2, 0) is 14.8 Å². The van der Waals surface area contributed by atoms with E-state index < -0.39 is 10.0 Å². The molecular weight excluding hydrogens is 372 g/mol. The highest BCUT2D eigenvalue weighted by atomic mass is 32.2. The van der Waals surface area contributed by atoms with Crippen molar-refractivity contribution in [2.45, 2.75) is 0 Å². The molecule has 0 unspecified atom stereocenters. The smallest absolute Gasteiger partial charge is 0.241 e. The topological polar surface area (TPSA) is 110 Å². The molecule has 12 heteroatoms. The molecule has 2 aromatic heterocycles. The Morgan fingerprint density at radius 1 is 0.889 bits per heavy atom. The molecule has 0 bridgehead atoms. The molecule has 2 fully saturated rings. The number of morpholine rings is 1. The van der Waals surface area contributed by atoms with E-state index in [2.05, 4.69) is 24.8 Å². The molecule has 0 amide bonds. The molecule has 0 spiro atoms. The molecule has 2 aliphatic rings. The third-order valence-corrected chi connectivity index (χ3v) is 5.92. The highest BCUT2D eigenvalue weighted by Gasteiger charge is 2.26. The average Bonchev–Trinajstić information content (AvgIpc) is 3.23. The summed E-state index contributed by atoms with van der Waals surface area (Å²) >= 11 is 0. The summed E-state index contributed by atoms with van der Waals surface area (Å²) in [6.45, 7) is 4.59. The van der Waals surface area contributed by atoms with Crippen molar-refractivity contribution >= 4 is 21.9 Å². The van der Waals surface area contributed by atoms with Gasteiger partial charge in [-0.1, -0.05) is 0 Å². The molecule has 0 atom stereocenters. The molecule has 2 aliphatic heterocycles. The average molecular weight is 394 g/mol. The Bertz CT molecular complexity index is 874. The molecule has 0 saturated carbocycles. The fourth-order valence-corrected chi connectivity index (χ4v) is 3.93. The van der Waals surface area contributed by atoms with Crippen LogP contribution in [0.4, 0.5) is 11.9 Å². The van der Waals surface area contributed by atoms with Crippen LogP contribution in [0.15, 0.2) is 18.7 Å². The van der Waals surface area contributed by atoms with Crippen molar-refractivity contribution in [3.63, 3.8) is 0 Å². The highest BCUT2D eigenvalue weighted by Crippen LogP contribution is 2.19. The lowest BCUT2D eigenvalue weighted by Gasteiger charge is -2.34. The van der Waals surface area contributed by atoms with Gasteiger partial charge in [0.2, 0.25) is 27.9 Å². The van der Waals surface area contributed by atoms with Crippen molar-refractivity contribution in [2.24, 2.45) is 0 Å². The van der Waals surface area contributed by atoms with E-state index in [4.69, 9.17) is 4.74 Å². The van der Waals surface area contributed by atoms with Crippen LogP contribution in [-0.4, -0.2) is 96.0 Å².